The lowest BCUT2D eigenvalue weighted by Crippen LogP contribution is -2.56. The van der Waals surface area contributed by atoms with E-state index in [2.05, 4.69) is 77.2 Å². The molecule has 2 aromatic rings. The molecule has 0 radical (unpaired) electrons. The number of ether oxygens (including phenoxy) is 1. The van der Waals surface area contributed by atoms with Gasteiger partial charge in [-0.05, 0) is 57.2 Å². The number of likely N-dealkylation sites (tertiary alicyclic amines) is 1. The molecule has 3 heterocycles. The molecule has 2 aromatic carbocycles. The van der Waals surface area contributed by atoms with Crippen LogP contribution >= 0.6 is 0 Å². The molecule has 0 spiro atoms. The highest BCUT2D eigenvalue weighted by Gasteiger charge is 2.33. The Hall–Kier alpha value is -4.34. The maximum absolute atomic E-state index is 12.6. The Morgan fingerprint density at radius 2 is 1.98 bits per heavy atom. The average molecular weight is 566 g/mol. The molecule has 5 rings (SSSR count). The molecule has 3 aliphatic rings. The topological polar surface area (TPSA) is 99.3 Å². The fourth-order valence-electron chi connectivity index (χ4n) is 6.23. The van der Waals surface area contributed by atoms with Gasteiger partial charge < -0.3 is 24.3 Å². The van der Waals surface area contributed by atoms with Crippen molar-refractivity contribution in [2.45, 2.75) is 44.7 Å². The number of piperazine rings is 1. The highest BCUT2D eigenvalue weighted by atomic mass is 16.5. The minimum atomic E-state index is -0.312. The van der Waals surface area contributed by atoms with E-state index in [1.165, 1.54) is 17.2 Å². The van der Waals surface area contributed by atoms with E-state index in [-0.39, 0.29) is 18.4 Å². The normalized spacial score (nSPS) is 21.4. The van der Waals surface area contributed by atoms with Gasteiger partial charge in [-0.15, -0.1) is 0 Å². The third-order valence-corrected chi connectivity index (χ3v) is 8.58. The first-order valence-corrected chi connectivity index (χ1v) is 14.7. The summed E-state index contributed by atoms with van der Waals surface area (Å²) in [6.45, 7) is 5.99. The fraction of sp³-hybridized carbons (Fsp3) is 0.455. The second-order valence-electron chi connectivity index (χ2n) is 11.1. The Morgan fingerprint density at radius 3 is 2.76 bits per heavy atom. The third-order valence-electron chi connectivity index (χ3n) is 8.58. The molecule has 2 atom stereocenters. The van der Waals surface area contributed by atoms with Crippen LogP contribution in [0.1, 0.15) is 32.6 Å². The SMILES string of the molecule is CC#CC(=O)N1CCN(C(=N)C2=C(N=COC[C@@H]3CCCN3C)CN(c3cccc4ccccc34)CC2)CC1CC#N. The molecule has 1 N–H and O–H groups in total. The van der Waals surface area contributed by atoms with Crippen LogP contribution in [0.5, 0.6) is 0 Å². The van der Waals surface area contributed by atoms with Gasteiger partial charge in [0.1, 0.15) is 12.4 Å². The summed E-state index contributed by atoms with van der Waals surface area (Å²) >= 11 is 0. The van der Waals surface area contributed by atoms with Gasteiger partial charge in [-0.2, -0.15) is 5.26 Å². The zero-order valence-electron chi connectivity index (χ0n) is 24.6. The molecule has 1 unspecified atom stereocenters. The quantitative estimate of drug-likeness (QED) is 0.311. The molecular formula is C33H39N7O2. The number of nitrogens with one attached hydrogen (secondary N) is 1. The number of nitriles is 1. The number of nitrogens with zero attached hydrogens (tertiary/aromatic N) is 6. The number of likely N-dealkylation sites (N-methyl/N-ethyl adjacent to an activating group) is 1. The van der Waals surface area contributed by atoms with Gasteiger partial charge in [0.05, 0.1) is 30.8 Å². The molecule has 0 saturated carbocycles. The summed E-state index contributed by atoms with van der Waals surface area (Å²) in [5.74, 6) is 5.42. The van der Waals surface area contributed by atoms with E-state index in [1.54, 1.807) is 18.2 Å². The van der Waals surface area contributed by atoms with Crippen molar-refractivity contribution in [1.29, 1.82) is 10.7 Å². The standard InChI is InChI=1S/C33H39N7O2/c1-3-8-32(41)40-20-19-39(21-26(40)14-16-34)33(35)29-15-18-38(31-13-6-10-25-9-4-5-12-28(25)31)22-30(29)36-24-42-23-27-11-7-17-37(27)2/h4-6,9-10,12-13,24,26-27,35H,7,11,14-15,17-23H2,1-2H3/t26?,27-/m0/s1. The maximum Gasteiger partial charge on any atom is 0.298 e. The molecule has 2 fully saturated rings. The predicted molar refractivity (Wildman–Crippen MR) is 166 cm³/mol. The molecule has 1 amide bonds. The van der Waals surface area contributed by atoms with Crippen molar-refractivity contribution in [3.8, 4) is 17.9 Å². The van der Waals surface area contributed by atoms with Crippen LogP contribution in [0.15, 0.2) is 58.7 Å². The average Bonchev–Trinajstić information content (AvgIpc) is 3.43. The Bertz CT molecular complexity index is 1480. The summed E-state index contributed by atoms with van der Waals surface area (Å²) in [6.07, 6.45) is 4.72. The van der Waals surface area contributed by atoms with Gasteiger partial charge >= 0.3 is 0 Å². The van der Waals surface area contributed by atoms with Crippen molar-refractivity contribution in [1.82, 2.24) is 14.7 Å². The van der Waals surface area contributed by atoms with Gasteiger partial charge in [-0.1, -0.05) is 42.3 Å². The monoisotopic (exact) mass is 565 g/mol. The highest BCUT2D eigenvalue weighted by Crippen LogP contribution is 2.32. The van der Waals surface area contributed by atoms with Gasteiger partial charge in [0, 0.05) is 48.9 Å². The van der Waals surface area contributed by atoms with Crippen LogP contribution < -0.4 is 4.90 Å². The van der Waals surface area contributed by atoms with Crippen LogP contribution in [0, 0.1) is 28.6 Å². The van der Waals surface area contributed by atoms with Crippen LogP contribution in [0.25, 0.3) is 10.8 Å². The molecule has 9 nitrogen and oxygen atoms in total. The number of carbonyl (C=O) groups excluding carboxylic acids is 1. The van der Waals surface area contributed by atoms with Crippen LogP contribution in [0.3, 0.4) is 0 Å². The second-order valence-corrected chi connectivity index (χ2v) is 11.1. The largest absolute Gasteiger partial charge is 0.481 e. The maximum atomic E-state index is 12.6. The summed E-state index contributed by atoms with van der Waals surface area (Å²) in [4.78, 5) is 25.7. The highest BCUT2D eigenvalue weighted by molar-refractivity contribution is 5.99. The smallest absolute Gasteiger partial charge is 0.298 e. The van der Waals surface area contributed by atoms with Gasteiger partial charge in [0.25, 0.3) is 5.91 Å². The second kappa shape index (κ2) is 13.5. The van der Waals surface area contributed by atoms with Crippen molar-refractivity contribution in [3.63, 3.8) is 0 Å². The van der Waals surface area contributed by atoms with Gasteiger partial charge in [0.2, 0.25) is 0 Å². The van der Waals surface area contributed by atoms with Crippen molar-refractivity contribution in [3.05, 3.63) is 53.7 Å². The Labute approximate surface area is 248 Å². The minimum absolute atomic E-state index is 0.198. The first-order chi connectivity index (χ1) is 20.5. The number of hydrogen-bond donors (Lipinski definition) is 1. The van der Waals surface area contributed by atoms with Crippen molar-refractivity contribution < 1.29 is 9.53 Å². The summed E-state index contributed by atoms with van der Waals surface area (Å²) in [5, 5.41) is 21.1. The lowest BCUT2D eigenvalue weighted by Gasteiger charge is -2.42. The van der Waals surface area contributed by atoms with Crippen molar-refractivity contribution in [2.75, 3.05) is 57.8 Å². The molecule has 218 valence electrons. The number of aliphatic imine (C=N–C) groups is 1. The van der Waals surface area contributed by atoms with E-state index in [9.17, 15) is 15.5 Å². The summed E-state index contributed by atoms with van der Waals surface area (Å²) in [7, 11) is 2.13. The first kappa shape index (κ1) is 29.2. The van der Waals surface area contributed by atoms with E-state index < -0.39 is 0 Å². The Kier molecular flexibility index (Phi) is 9.41. The molecule has 0 aliphatic carbocycles. The van der Waals surface area contributed by atoms with E-state index in [0.717, 1.165) is 36.5 Å². The number of hydrogen-bond acceptors (Lipinski definition) is 7. The lowest BCUT2D eigenvalue weighted by molar-refractivity contribution is -0.129. The number of anilines is 1. The van der Waals surface area contributed by atoms with Crippen molar-refractivity contribution in [2.24, 2.45) is 4.99 Å². The lowest BCUT2D eigenvalue weighted by atomic mass is 9.99. The van der Waals surface area contributed by atoms with Crippen molar-refractivity contribution >= 4 is 34.6 Å². The van der Waals surface area contributed by atoms with E-state index in [1.807, 2.05) is 4.90 Å². The van der Waals surface area contributed by atoms with Gasteiger partial charge in [-0.3, -0.25) is 10.2 Å². The molecule has 0 aromatic heterocycles. The summed E-state index contributed by atoms with van der Waals surface area (Å²) in [6, 6.07) is 17.0. The van der Waals surface area contributed by atoms with Gasteiger partial charge in [-0.25, -0.2) is 4.99 Å². The molecule has 9 heteroatoms. The van der Waals surface area contributed by atoms with E-state index in [0.29, 0.717) is 51.1 Å². The molecule has 3 aliphatic heterocycles. The number of rotatable bonds is 7. The van der Waals surface area contributed by atoms with Crippen LogP contribution in [-0.2, 0) is 9.53 Å². The molecule has 2 saturated heterocycles. The zero-order chi connectivity index (χ0) is 29.5. The van der Waals surface area contributed by atoms with E-state index in [4.69, 9.17) is 9.73 Å². The van der Waals surface area contributed by atoms with Gasteiger partial charge in [0.15, 0.2) is 6.40 Å². The Morgan fingerprint density at radius 1 is 1.14 bits per heavy atom. The molecular weight excluding hydrogens is 526 g/mol. The number of carbonyl (C=O) groups is 1. The number of amidine groups is 1. The third kappa shape index (κ3) is 6.42. The van der Waals surface area contributed by atoms with Crippen LogP contribution in [0.4, 0.5) is 5.69 Å². The number of amides is 1. The number of fused-ring (bicyclic) bond motifs is 1. The fourth-order valence-corrected chi connectivity index (χ4v) is 6.23. The molecule has 42 heavy (non-hydrogen) atoms. The predicted octanol–water partition coefficient (Wildman–Crippen LogP) is 3.87. The number of benzene rings is 2. The Balaban J connectivity index is 1.39. The van der Waals surface area contributed by atoms with E-state index >= 15 is 0 Å². The molecule has 0 bridgehead atoms. The minimum Gasteiger partial charge on any atom is -0.481 e. The van der Waals surface area contributed by atoms with Crippen LogP contribution in [0.2, 0.25) is 0 Å². The van der Waals surface area contributed by atoms with Crippen LogP contribution in [-0.4, -0.2) is 97.8 Å². The first-order valence-electron chi connectivity index (χ1n) is 14.7. The zero-order valence-corrected chi connectivity index (χ0v) is 24.6. The summed E-state index contributed by atoms with van der Waals surface area (Å²) in [5.41, 5.74) is 2.84. The summed E-state index contributed by atoms with van der Waals surface area (Å²) < 4.78 is 5.92.